The van der Waals surface area contributed by atoms with E-state index in [0.717, 1.165) is 63.3 Å². The van der Waals surface area contributed by atoms with Crippen molar-refractivity contribution in [3.8, 4) is 0 Å². The van der Waals surface area contributed by atoms with Crippen molar-refractivity contribution in [2.75, 3.05) is 45.8 Å². The summed E-state index contributed by atoms with van der Waals surface area (Å²) in [6.45, 7) is 7.60. The highest BCUT2D eigenvalue weighted by Gasteiger charge is 2.52. The van der Waals surface area contributed by atoms with Crippen LogP contribution in [0.3, 0.4) is 0 Å². The molecular weight excluding hydrogens is 382 g/mol. The van der Waals surface area contributed by atoms with Gasteiger partial charge in [-0.3, -0.25) is 14.5 Å². The number of nitrogens with zero attached hydrogens (tertiary/aromatic N) is 2. The number of carbonyl (C=O) groups is 3. The fourth-order valence-corrected chi connectivity index (χ4v) is 4.40. The van der Waals surface area contributed by atoms with Gasteiger partial charge in [0.05, 0.1) is 0 Å². The summed E-state index contributed by atoms with van der Waals surface area (Å²) < 4.78 is 0. The third-order valence-electron chi connectivity index (χ3n) is 6.27. The topological polar surface area (TPSA) is 93.8 Å². The van der Waals surface area contributed by atoms with Gasteiger partial charge in [-0.15, -0.1) is 12.4 Å². The van der Waals surface area contributed by atoms with Gasteiger partial charge in [0.1, 0.15) is 12.1 Å². The predicted octanol–water partition coefficient (Wildman–Crippen LogP) is 0.711. The van der Waals surface area contributed by atoms with Gasteiger partial charge in [-0.05, 0) is 44.6 Å². The van der Waals surface area contributed by atoms with Crippen LogP contribution in [-0.4, -0.2) is 79.0 Å². The summed E-state index contributed by atoms with van der Waals surface area (Å²) in [5.41, 5.74) is -0.772. The zero-order chi connectivity index (χ0) is 19.3. The molecule has 9 heteroatoms. The number of carbonyl (C=O) groups excluding carboxylic acids is 3. The highest BCUT2D eigenvalue weighted by Crippen LogP contribution is 2.37. The Labute approximate surface area is 173 Å². The number of piperazine rings is 1. The average Bonchev–Trinajstić information content (AvgIpc) is 2.91. The van der Waals surface area contributed by atoms with Gasteiger partial charge in [-0.2, -0.15) is 0 Å². The summed E-state index contributed by atoms with van der Waals surface area (Å²) >= 11 is 0. The minimum atomic E-state index is -0.772. The molecule has 0 bridgehead atoms. The van der Waals surface area contributed by atoms with Crippen molar-refractivity contribution in [1.82, 2.24) is 25.8 Å². The Bertz CT molecular complexity index is 560. The Morgan fingerprint density at radius 3 is 2.54 bits per heavy atom. The zero-order valence-electron chi connectivity index (χ0n) is 16.8. The Balaban J connectivity index is 0.00000280. The molecule has 0 unspecified atom stereocenters. The van der Waals surface area contributed by atoms with Gasteiger partial charge in [0, 0.05) is 32.7 Å². The lowest BCUT2D eigenvalue weighted by Crippen LogP contribution is -2.50. The van der Waals surface area contributed by atoms with Gasteiger partial charge in [0.15, 0.2) is 0 Å². The molecular formula is C19H34ClN5O3. The first kappa shape index (κ1) is 22.9. The SMILES string of the molecule is CCC1CCC2(CC1)NC(=O)N(CC(=O)NCCCN1CCNCC1)C2=O.Cl. The minimum Gasteiger partial charge on any atom is -0.354 e. The van der Waals surface area contributed by atoms with Gasteiger partial charge < -0.3 is 20.9 Å². The number of imide groups is 1. The van der Waals surface area contributed by atoms with Crippen LogP contribution in [0.1, 0.15) is 45.4 Å². The lowest BCUT2D eigenvalue weighted by molar-refractivity contribution is -0.136. The van der Waals surface area contributed by atoms with E-state index in [9.17, 15) is 14.4 Å². The molecule has 8 nitrogen and oxygen atoms in total. The van der Waals surface area contributed by atoms with E-state index in [-0.39, 0.29) is 30.8 Å². The van der Waals surface area contributed by atoms with Crippen LogP contribution in [0, 0.1) is 5.92 Å². The normalized spacial score (nSPS) is 28.2. The van der Waals surface area contributed by atoms with Crippen molar-refractivity contribution in [3.05, 3.63) is 0 Å². The summed E-state index contributed by atoms with van der Waals surface area (Å²) in [7, 11) is 0. The highest BCUT2D eigenvalue weighted by atomic mass is 35.5. The van der Waals surface area contributed by atoms with E-state index in [1.54, 1.807) is 0 Å². The zero-order valence-corrected chi connectivity index (χ0v) is 17.6. The summed E-state index contributed by atoms with van der Waals surface area (Å²) in [6, 6.07) is -0.425. The van der Waals surface area contributed by atoms with E-state index < -0.39 is 11.6 Å². The molecule has 1 aliphatic carbocycles. The van der Waals surface area contributed by atoms with Crippen LogP contribution in [0.15, 0.2) is 0 Å². The predicted molar refractivity (Wildman–Crippen MR) is 109 cm³/mol. The van der Waals surface area contributed by atoms with E-state index in [0.29, 0.717) is 25.3 Å². The number of nitrogens with one attached hydrogen (secondary N) is 3. The quantitative estimate of drug-likeness (QED) is 0.420. The maximum Gasteiger partial charge on any atom is 0.325 e. The lowest BCUT2D eigenvalue weighted by atomic mass is 9.75. The van der Waals surface area contributed by atoms with E-state index in [4.69, 9.17) is 0 Å². The van der Waals surface area contributed by atoms with Crippen LogP contribution in [0.25, 0.3) is 0 Å². The molecule has 0 aromatic rings. The molecule has 4 amide bonds. The fraction of sp³-hybridized carbons (Fsp3) is 0.842. The molecule has 0 aromatic carbocycles. The summed E-state index contributed by atoms with van der Waals surface area (Å²) in [5, 5.41) is 9.03. The second-order valence-corrected chi connectivity index (χ2v) is 8.05. The molecule has 0 atom stereocenters. The molecule has 28 heavy (non-hydrogen) atoms. The molecule has 3 fully saturated rings. The van der Waals surface area contributed by atoms with Crippen molar-refractivity contribution in [3.63, 3.8) is 0 Å². The largest absolute Gasteiger partial charge is 0.354 e. The Hall–Kier alpha value is -1.38. The van der Waals surface area contributed by atoms with Crippen LogP contribution < -0.4 is 16.0 Å². The van der Waals surface area contributed by atoms with E-state index >= 15 is 0 Å². The first-order valence-corrected chi connectivity index (χ1v) is 10.4. The number of hydrogen-bond acceptors (Lipinski definition) is 5. The molecule has 3 N–H and O–H groups in total. The Morgan fingerprint density at radius 2 is 1.89 bits per heavy atom. The second kappa shape index (κ2) is 10.4. The average molecular weight is 416 g/mol. The smallest absolute Gasteiger partial charge is 0.325 e. The highest BCUT2D eigenvalue weighted by molar-refractivity contribution is 6.09. The number of hydrogen-bond donors (Lipinski definition) is 3. The van der Waals surface area contributed by atoms with E-state index in [1.165, 1.54) is 0 Å². The molecule has 2 heterocycles. The van der Waals surface area contributed by atoms with Gasteiger partial charge in [-0.1, -0.05) is 13.3 Å². The second-order valence-electron chi connectivity index (χ2n) is 8.05. The maximum atomic E-state index is 12.8. The molecule has 2 aliphatic heterocycles. The minimum absolute atomic E-state index is 0. The first-order chi connectivity index (χ1) is 13.0. The number of rotatable bonds is 7. The Morgan fingerprint density at radius 1 is 1.21 bits per heavy atom. The van der Waals surface area contributed by atoms with Crippen molar-refractivity contribution in [2.24, 2.45) is 5.92 Å². The van der Waals surface area contributed by atoms with Crippen LogP contribution in [0.4, 0.5) is 4.79 Å². The maximum absolute atomic E-state index is 12.8. The third-order valence-corrected chi connectivity index (χ3v) is 6.27. The molecule has 1 saturated carbocycles. The fourth-order valence-electron chi connectivity index (χ4n) is 4.40. The van der Waals surface area contributed by atoms with Crippen LogP contribution in [-0.2, 0) is 9.59 Å². The molecule has 1 spiro atoms. The first-order valence-electron chi connectivity index (χ1n) is 10.4. The third kappa shape index (κ3) is 5.36. The monoisotopic (exact) mass is 415 g/mol. The van der Waals surface area contributed by atoms with Crippen molar-refractivity contribution in [2.45, 2.75) is 51.0 Å². The summed E-state index contributed by atoms with van der Waals surface area (Å²) in [6.07, 6.45) is 5.24. The van der Waals surface area contributed by atoms with Crippen LogP contribution in [0.2, 0.25) is 0 Å². The summed E-state index contributed by atoms with van der Waals surface area (Å²) in [4.78, 5) is 40.8. The van der Waals surface area contributed by atoms with E-state index in [2.05, 4.69) is 27.8 Å². The van der Waals surface area contributed by atoms with Gasteiger partial charge >= 0.3 is 6.03 Å². The molecule has 2 saturated heterocycles. The molecule has 0 radical (unpaired) electrons. The van der Waals surface area contributed by atoms with Crippen LogP contribution >= 0.6 is 12.4 Å². The van der Waals surface area contributed by atoms with Crippen molar-refractivity contribution in [1.29, 1.82) is 0 Å². The number of amides is 4. The molecule has 3 rings (SSSR count). The summed E-state index contributed by atoms with van der Waals surface area (Å²) in [5.74, 6) is 0.143. The van der Waals surface area contributed by atoms with Gasteiger partial charge in [-0.25, -0.2) is 4.79 Å². The number of halogens is 1. The lowest BCUT2D eigenvalue weighted by Gasteiger charge is -2.34. The molecule has 160 valence electrons. The van der Waals surface area contributed by atoms with Crippen LogP contribution in [0.5, 0.6) is 0 Å². The molecule has 0 aromatic heterocycles. The van der Waals surface area contributed by atoms with Gasteiger partial charge in [0.25, 0.3) is 5.91 Å². The van der Waals surface area contributed by atoms with Crippen molar-refractivity contribution < 1.29 is 14.4 Å². The molecule has 3 aliphatic rings. The number of urea groups is 1. The van der Waals surface area contributed by atoms with E-state index in [1.807, 2.05) is 0 Å². The van der Waals surface area contributed by atoms with Crippen molar-refractivity contribution >= 4 is 30.3 Å². The standard InChI is InChI=1S/C19H33N5O3.ClH/c1-2-15-4-6-19(7-5-15)17(26)24(18(27)22-19)14-16(25)21-8-3-11-23-12-9-20-10-13-23;/h15,20H,2-14H2,1H3,(H,21,25)(H,22,27);1H. The Kier molecular flexibility index (Phi) is 8.52. The van der Waals surface area contributed by atoms with Gasteiger partial charge in [0.2, 0.25) is 5.91 Å².